The van der Waals surface area contributed by atoms with Gasteiger partial charge < -0.3 is 4.74 Å². The average molecular weight is 205 g/mol. The van der Waals surface area contributed by atoms with E-state index in [4.69, 9.17) is 4.74 Å². The van der Waals surface area contributed by atoms with Crippen LogP contribution in [0.4, 0.5) is 0 Å². The van der Waals surface area contributed by atoms with Crippen LogP contribution in [0, 0.1) is 0 Å². The first-order chi connectivity index (χ1) is 3.41. The first-order valence-electron chi connectivity index (χ1n) is 2.21. The van der Waals surface area contributed by atoms with Crippen LogP contribution >= 0.6 is 0 Å². The van der Waals surface area contributed by atoms with E-state index in [1.54, 1.807) is 12.2 Å². The minimum absolute atomic E-state index is 0. The summed E-state index contributed by atoms with van der Waals surface area (Å²) in [4.78, 5) is 0. The molecule has 0 heterocycles. The van der Waals surface area contributed by atoms with Crippen molar-refractivity contribution in [3.63, 3.8) is 0 Å². The molecule has 0 aromatic rings. The summed E-state index contributed by atoms with van der Waals surface area (Å²) in [5.74, 6) is 0. The van der Waals surface area contributed by atoms with Crippen molar-refractivity contribution in [3.8, 4) is 0 Å². The molecule has 0 aliphatic carbocycles. The summed E-state index contributed by atoms with van der Waals surface area (Å²) in [5.41, 5.74) is 0. The molecule has 8 heavy (non-hydrogen) atoms. The fourth-order valence-electron chi connectivity index (χ4n) is 0.235. The standard InChI is InChI=1S/C6H10O.Pd/c1-3-5-7-6-4-2;/h3-4H,1-2,5-6H2;. The summed E-state index contributed by atoms with van der Waals surface area (Å²) in [6.45, 7) is 8.18. The maximum absolute atomic E-state index is 4.90. The van der Waals surface area contributed by atoms with Gasteiger partial charge >= 0.3 is 0 Å². The second-order valence-corrected chi connectivity index (χ2v) is 1.11. The predicted octanol–water partition coefficient (Wildman–Crippen LogP) is 1.37. The molecule has 0 unspecified atom stereocenters. The molecule has 0 atom stereocenters. The minimum Gasteiger partial charge on any atom is -0.373 e. The molecule has 0 spiro atoms. The summed E-state index contributed by atoms with van der Waals surface area (Å²) in [6.07, 6.45) is 3.42. The van der Waals surface area contributed by atoms with Gasteiger partial charge in [-0.05, 0) is 0 Å². The van der Waals surface area contributed by atoms with Crippen LogP contribution in [0.5, 0.6) is 0 Å². The van der Waals surface area contributed by atoms with Crippen LogP contribution in [0.15, 0.2) is 25.3 Å². The normalized spacial score (nSPS) is 7.00. The molecule has 0 aromatic heterocycles. The van der Waals surface area contributed by atoms with Gasteiger partial charge in [0.2, 0.25) is 0 Å². The number of hydrogen-bond acceptors (Lipinski definition) is 1. The van der Waals surface area contributed by atoms with Crippen LogP contribution in [0.25, 0.3) is 0 Å². The van der Waals surface area contributed by atoms with Crippen LogP contribution < -0.4 is 0 Å². The third-order valence-electron chi connectivity index (χ3n) is 0.471. The molecule has 0 aromatic carbocycles. The Balaban J connectivity index is 0. The molecule has 0 saturated carbocycles. The van der Waals surface area contributed by atoms with Gasteiger partial charge in [0.05, 0.1) is 13.2 Å². The van der Waals surface area contributed by atoms with Crippen molar-refractivity contribution in [2.24, 2.45) is 0 Å². The zero-order valence-corrected chi connectivity index (χ0v) is 6.26. The van der Waals surface area contributed by atoms with E-state index < -0.39 is 0 Å². The zero-order valence-electron chi connectivity index (χ0n) is 4.71. The summed E-state index contributed by atoms with van der Waals surface area (Å²) >= 11 is 0. The molecule has 1 nitrogen and oxygen atoms in total. The Labute approximate surface area is 64.1 Å². The third kappa shape index (κ3) is 9.44. The second kappa shape index (κ2) is 10.2. The van der Waals surface area contributed by atoms with Crippen molar-refractivity contribution in [2.45, 2.75) is 0 Å². The Morgan fingerprint density at radius 3 is 1.75 bits per heavy atom. The van der Waals surface area contributed by atoms with Gasteiger partial charge in [0.1, 0.15) is 0 Å². The van der Waals surface area contributed by atoms with E-state index in [1.807, 2.05) is 0 Å². The quantitative estimate of drug-likeness (QED) is 0.382. The van der Waals surface area contributed by atoms with Gasteiger partial charge in [-0.25, -0.2) is 0 Å². The van der Waals surface area contributed by atoms with Gasteiger partial charge in [0.15, 0.2) is 0 Å². The SMILES string of the molecule is C=CCOCC=C.[Pd]. The fourth-order valence-corrected chi connectivity index (χ4v) is 0.235. The summed E-state index contributed by atoms with van der Waals surface area (Å²) in [6, 6.07) is 0. The molecule has 2 heteroatoms. The monoisotopic (exact) mass is 204 g/mol. The molecule has 0 aliphatic rings. The van der Waals surface area contributed by atoms with E-state index >= 15 is 0 Å². The Bertz CT molecular complexity index is 53.5. The van der Waals surface area contributed by atoms with E-state index in [1.165, 1.54) is 0 Å². The Morgan fingerprint density at radius 2 is 1.50 bits per heavy atom. The van der Waals surface area contributed by atoms with Crippen molar-refractivity contribution in [1.82, 2.24) is 0 Å². The third-order valence-corrected chi connectivity index (χ3v) is 0.471. The number of hydrogen-bond donors (Lipinski definition) is 0. The maximum Gasteiger partial charge on any atom is 0.0649 e. The summed E-state index contributed by atoms with van der Waals surface area (Å²) in [5, 5.41) is 0. The molecule has 0 N–H and O–H groups in total. The molecule has 0 radical (unpaired) electrons. The van der Waals surface area contributed by atoms with Crippen LogP contribution in [0.3, 0.4) is 0 Å². The van der Waals surface area contributed by atoms with E-state index in [-0.39, 0.29) is 20.4 Å². The van der Waals surface area contributed by atoms with Gasteiger partial charge in [-0.1, -0.05) is 12.2 Å². The van der Waals surface area contributed by atoms with E-state index in [9.17, 15) is 0 Å². The topological polar surface area (TPSA) is 9.23 Å². The molecule has 0 rings (SSSR count). The number of rotatable bonds is 4. The van der Waals surface area contributed by atoms with Crippen LogP contribution in [-0.2, 0) is 25.2 Å². The van der Waals surface area contributed by atoms with Gasteiger partial charge in [0.25, 0.3) is 0 Å². The molecule has 0 aliphatic heterocycles. The molecule has 0 saturated heterocycles. The van der Waals surface area contributed by atoms with Crippen molar-refractivity contribution in [3.05, 3.63) is 25.3 Å². The van der Waals surface area contributed by atoms with Gasteiger partial charge in [-0.3, -0.25) is 0 Å². The molecule has 0 fully saturated rings. The van der Waals surface area contributed by atoms with Crippen LogP contribution in [0.2, 0.25) is 0 Å². The number of ether oxygens (including phenoxy) is 1. The predicted molar refractivity (Wildman–Crippen MR) is 31.2 cm³/mol. The Kier molecular flexibility index (Phi) is 13.9. The Hall–Kier alpha value is 0.102. The first kappa shape index (κ1) is 11.0. The molecule has 50 valence electrons. The average Bonchev–Trinajstić information content (AvgIpc) is 1.69. The van der Waals surface area contributed by atoms with E-state index in [2.05, 4.69) is 13.2 Å². The van der Waals surface area contributed by atoms with Gasteiger partial charge in [-0.15, -0.1) is 13.2 Å². The smallest absolute Gasteiger partial charge is 0.0649 e. The summed E-state index contributed by atoms with van der Waals surface area (Å²) < 4.78 is 4.90. The van der Waals surface area contributed by atoms with Crippen LogP contribution in [-0.4, -0.2) is 13.2 Å². The van der Waals surface area contributed by atoms with Gasteiger partial charge in [-0.2, -0.15) is 0 Å². The molecular weight excluding hydrogens is 194 g/mol. The molecular formula is C6H10OPd. The maximum atomic E-state index is 4.90. The first-order valence-corrected chi connectivity index (χ1v) is 2.21. The van der Waals surface area contributed by atoms with Crippen molar-refractivity contribution in [2.75, 3.05) is 13.2 Å². The minimum atomic E-state index is 0. The van der Waals surface area contributed by atoms with Crippen molar-refractivity contribution in [1.29, 1.82) is 0 Å². The van der Waals surface area contributed by atoms with Crippen molar-refractivity contribution < 1.29 is 25.2 Å². The van der Waals surface area contributed by atoms with Crippen molar-refractivity contribution >= 4 is 0 Å². The molecule has 0 bridgehead atoms. The summed E-state index contributed by atoms with van der Waals surface area (Å²) in [7, 11) is 0. The Morgan fingerprint density at radius 1 is 1.12 bits per heavy atom. The van der Waals surface area contributed by atoms with E-state index in [0.29, 0.717) is 13.2 Å². The fraction of sp³-hybridized carbons (Fsp3) is 0.333. The second-order valence-electron chi connectivity index (χ2n) is 1.11. The van der Waals surface area contributed by atoms with Crippen LogP contribution in [0.1, 0.15) is 0 Å². The van der Waals surface area contributed by atoms with E-state index in [0.717, 1.165) is 0 Å². The van der Waals surface area contributed by atoms with Gasteiger partial charge in [0, 0.05) is 20.4 Å². The molecule has 0 amide bonds. The largest absolute Gasteiger partial charge is 0.373 e. The zero-order chi connectivity index (χ0) is 5.54.